The molecule has 0 bridgehead atoms. The molecule has 0 saturated carbocycles. The van der Waals surface area contributed by atoms with E-state index in [0.29, 0.717) is 6.07 Å². The summed E-state index contributed by atoms with van der Waals surface area (Å²) in [5.41, 5.74) is 0.986. The van der Waals surface area contributed by atoms with Crippen LogP contribution in [0.25, 0.3) is 0 Å². The van der Waals surface area contributed by atoms with Crippen molar-refractivity contribution in [1.29, 1.82) is 0 Å². The summed E-state index contributed by atoms with van der Waals surface area (Å²) in [6.45, 7) is 5.43. The van der Waals surface area contributed by atoms with Gasteiger partial charge in [0.1, 0.15) is 23.3 Å². The van der Waals surface area contributed by atoms with Gasteiger partial charge in [-0.25, -0.2) is 13.6 Å². The van der Waals surface area contributed by atoms with Crippen molar-refractivity contribution in [2.24, 2.45) is 0 Å². The fourth-order valence-electron chi connectivity index (χ4n) is 3.08. The van der Waals surface area contributed by atoms with Crippen molar-refractivity contribution in [2.75, 3.05) is 5.32 Å². The highest BCUT2D eigenvalue weighted by molar-refractivity contribution is 5.97. The molecule has 2 amide bonds. The molecule has 148 valence electrons. The van der Waals surface area contributed by atoms with Crippen molar-refractivity contribution in [3.63, 3.8) is 0 Å². The van der Waals surface area contributed by atoms with E-state index in [1.165, 1.54) is 4.90 Å². The highest BCUT2D eigenvalue weighted by Gasteiger charge is 2.37. The number of ether oxygens (including phenoxy) is 1. The Labute approximate surface area is 162 Å². The van der Waals surface area contributed by atoms with Crippen molar-refractivity contribution in [1.82, 2.24) is 4.90 Å². The van der Waals surface area contributed by atoms with Crippen LogP contribution in [0.15, 0.2) is 42.5 Å². The molecule has 5 nitrogen and oxygen atoms in total. The highest BCUT2D eigenvalue weighted by atomic mass is 19.1. The van der Waals surface area contributed by atoms with Crippen LogP contribution in [-0.4, -0.2) is 28.5 Å². The largest absolute Gasteiger partial charge is 0.444 e. The first kappa shape index (κ1) is 19.8. The van der Waals surface area contributed by atoms with Gasteiger partial charge in [0.05, 0.1) is 12.2 Å². The predicted octanol–water partition coefficient (Wildman–Crippen LogP) is 4.27. The number of halogens is 2. The van der Waals surface area contributed by atoms with E-state index in [9.17, 15) is 18.4 Å². The standard InChI is InChI=1S/C21H22F2N2O3/c1-21(2,3)28-20(27)25-12-14-7-5-4-6-13(14)10-18(25)19(26)24-17-9-8-15(22)11-16(17)23/h4-9,11,18H,10,12H2,1-3H3,(H,24,26). The number of hydrogen-bond acceptors (Lipinski definition) is 3. The molecular formula is C21H22F2N2O3. The highest BCUT2D eigenvalue weighted by Crippen LogP contribution is 2.26. The second-order valence-corrected chi connectivity index (χ2v) is 7.71. The minimum absolute atomic E-state index is 0.144. The van der Waals surface area contributed by atoms with Crippen LogP contribution in [0, 0.1) is 11.6 Å². The van der Waals surface area contributed by atoms with Crippen molar-refractivity contribution in [3.05, 3.63) is 65.2 Å². The smallest absolute Gasteiger partial charge is 0.411 e. The molecule has 7 heteroatoms. The molecule has 0 aromatic heterocycles. The molecule has 1 heterocycles. The lowest BCUT2D eigenvalue weighted by Crippen LogP contribution is -2.52. The summed E-state index contributed by atoms with van der Waals surface area (Å²) in [6.07, 6.45) is -0.355. The Kier molecular flexibility index (Phi) is 5.36. The first-order valence-corrected chi connectivity index (χ1v) is 8.96. The summed E-state index contributed by atoms with van der Waals surface area (Å²) in [7, 11) is 0. The Bertz CT molecular complexity index is 909. The van der Waals surface area contributed by atoms with E-state index < -0.39 is 35.3 Å². The Balaban J connectivity index is 1.88. The van der Waals surface area contributed by atoms with Crippen LogP contribution in [0.1, 0.15) is 31.9 Å². The number of nitrogens with zero attached hydrogens (tertiary/aromatic N) is 1. The van der Waals surface area contributed by atoms with E-state index >= 15 is 0 Å². The van der Waals surface area contributed by atoms with Gasteiger partial charge in [0.2, 0.25) is 5.91 Å². The fraction of sp³-hybridized carbons (Fsp3) is 0.333. The lowest BCUT2D eigenvalue weighted by atomic mass is 9.93. The predicted molar refractivity (Wildman–Crippen MR) is 101 cm³/mol. The monoisotopic (exact) mass is 388 g/mol. The average molecular weight is 388 g/mol. The molecule has 1 unspecified atom stereocenters. The van der Waals surface area contributed by atoms with Crippen LogP contribution in [0.3, 0.4) is 0 Å². The maximum absolute atomic E-state index is 13.9. The minimum Gasteiger partial charge on any atom is -0.444 e. The van der Waals surface area contributed by atoms with Crippen LogP contribution >= 0.6 is 0 Å². The minimum atomic E-state index is -0.881. The number of carbonyl (C=O) groups excluding carboxylic acids is 2. The van der Waals surface area contributed by atoms with E-state index in [4.69, 9.17) is 4.74 Å². The van der Waals surface area contributed by atoms with E-state index in [-0.39, 0.29) is 18.7 Å². The topological polar surface area (TPSA) is 58.6 Å². The maximum atomic E-state index is 13.9. The second kappa shape index (κ2) is 7.58. The number of carbonyl (C=O) groups is 2. The lowest BCUT2D eigenvalue weighted by molar-refractivity contribution is -0.121. The van der Waals surface area contributed by atoms with Crippen molar-refractivity contribution < 1.29 is 23.1 Å². The molecular weight excluding hydrogens is 366 g/mol. The molecule has 1 aliphatic rings. The molecule has 28 heavy (non-hydrogen) atoms. The molecule has 2 aromatic rings. The van der Waals surface area contributed by atoms with Crippen LogP contribution in [0.2, 0.25) is 0 Å². The Morgan fingerprint density at radius 2 is 1.79 bits per heavy atom. The molecule has 0 spiro atoms. The molecule has 0 aliphatic carbocycles. The summed E-state index contributed by atoms with van der Waals surface area (Å²) in [4.78, 5) is 26.9. The fourth-order valence-corrected chi connectivity index (χ4v) is 3.08. The van der Waals surface area contributed by atoms with Crippen LogP contribution < -0.4 is 5.32 Å². The van der Waals surface area contributed by atoms with Crippen molar-refractivity contribution in [2.45, 2.75) is 45.4 Å². The van der Waals surface area contributed by atoms with Gasteiger partial charge in [-0.1, -0.05) is 24.3 Å². The number of nitrogens with one attached hydrogen (secondary N) is 1. The molecule has 3 rings (SSSR count). The van der Waals surface area contributed by atoms with Crippen molar-refractivity contribution >= 4 is 17.7 Å². The van der Waals surface area contributed by atoms with Gasteiger partial charge >= 0.3 is 6.09 Å². The quantitative estimate of drug-likeness (QED) is 0.836. The molecule has 1 atom stereocenters. The maximum Gasteiger partial charge on any atom is 0.411 e. The molecule has 0 radical (unpaired) electrons. The second-order valence-electron chi connectivity index (χ2n) is 7.71. The van der Waals surface area contributed by atoms with E-state index in [0.717, 1.165) is 23.3 Å². The normalized spacial score (nSPS) is 16.3. The number of rotatable bonds is 2. The number of benzene rings is 2. The third-order valence-corrected chi connectivity index (χ3v) is 4.37. The SMILES string of the molecule is CC(C)(C)OC(=O)N1Cc2ccccc2CC1C(=O)Nc1ccc(F)cc1F. The van der Waals surface area contributed by atoms with Crippen LogP contribution in [0.5, 0.6) is 0 Å². The molecule has 2 aromatic carbocycles. The summed E-state index contributed by atoms with van der Waals surface area (Å²) in [5.74, 6) is -2.18. The zero-order valence-corrected chi connectivity index (χ0v) is 16.0. The average Bonchev–Trinajstić information content (AvgIpc) is 2.61. The first-order chi connectivity index (χ1) is 13.1. The number of hydrogen-bond donors (Lipinski definition) is 1. The third kappa shape index (κ3) is 4.47. The molecule has 0 saturated heterocycles. The van der Waals surface area contributed by atoms with Gasteiger partial charge in [-0.2, -0.15) is 0 Å². The first-order valence-electron chi connectivity index (χ1n) is 8.96. The number of anilines is 1. The summed E-state index contributed by atoms with van der Waals surface area (Å²) < 4.78 is 32.5. The number of amides is 2. The Morgan fingerprint density at radius 3 is 2.43 bits per heavy atom. The van der Waals surface area contributed by atoms with Gasteiger partial charge in [0.15, 0.2) is 0 Å². The zero-order chi connectivity index (χ0) is 20.5. The molecule has 1 aliphatic heterocycles. The summed E-state index contributed by atoms with van der Waals surface area (Å²) >= 11 is 0. The van der Waals surface area contributed by atoms with Gasteiger partial charge in [-0.3, -0.25) is 9.69 Å². The Morgan fingerprint density at radius 1 is 1.11 bits per heavy atom. The van der Waals surface area contributed by atoms with E-state index in [2.05, 4.69) is 5.32 Å². The van der Waals surface area contributed by atoms with Gasteiger partial charge < -0.3 is 10.1 Å². The van der Waals surface area contributed by atoms with Gasteiger partial charge in [0, 0.05) is 12.5 Å². The summed E-state index contributed by atoms with van der Waals surface area (Å²) in [6, 6.07) is 9.52. The van der Waals surface area contributed by atoms with Crippen LogP contribution in [0.4, 0.5) is 19.3 Å². The molecule has 0 fully saturated rings. The third-order valence-electron chi connectivity index (χ3n) is 4.37. The van der Waals surface area contributed by atoms with Crippen LogP contribution in [-0.2, 0) is 22.5 Å². The van der Waals surface area contributed by atoms with Crippen molar-refractivity contribution in [3.8, 4) is 0 Å². The van der Waals surface area contributed by atoms with E-state index in [1.807, 2.05) is 24.3 Å². The summed E-state index contributed by atoms with van der Waals surface area (Å²) in [5, 5.41) is 2.46. The molecule has 1 N–H and O–H groups in total. The van der Waals surface area contributed by atoms with E-state index in [1.54, 1.807) is 20.8 Å². The zero-order valence-electron chi connectivity index (χ0n) is 16.0. The number of fused-ring (bicyclic) bond motifs is 1. The van der Waals surface area contributed by atoms with Gasteiger partial charge in [-0.05, 0) is 44.0 Å². The Hall–Kier alpha value is -2.96. The van der Waals surface area contributed by atoms with Gasteiger partial charge in [0.25, 0.3) is 0 Å². The van der Waals surface area contributed by atoms with Gasteiger partial charge in [-0.15, -0.1) is 0 Å². The lowest BCUT2D eigenvalue weighted by Gasteiger charge is -2.36.